The Labute approximate surface area is 97.0 Å². The zero-order chi connectivity index (χ0) is 11.5. The lowest BCUT2D eigenvalue weighted by atomic mass is 10.1. The number of rotatable bonds is 3. The van der Waals surface area contributed by atoms with Crippen LogP contribution in [0.5, 0.6) is 5.75 Å². The lowest BCUT2D eigenvalue weighted by molar-refractivity contribution is 0.415. The first-order chi connectivity index (χ1) is 7.70. The molecular formula is C13H20N2O. The minimum atomic E-state index is 0.565. The molecule has 0 aromatic heterocycles. The van der Waals surface area contributed by atoms with E-state index in [1.807, 2.05) is 18.2 Å². The van der Waals surface area contributed by atoms with Gasteiger partial charge in [0.1, 0.15) is 5.75 Å². The highest BCUT2D eigenvalue weighted by molar-refractivity contribution is 5.68. The summed E-state index contributed by atoms with van der Waals surface area (Å²) in [5, 5.41) is 3.53. The molecule has 0 heterocycles. The van der Waals surface area contributed by atoms with Crippen LogP contribution in [0.1, 0.15) is 26.2 Å². The third kappa shape index (κ3) is 2.23. The van der Waals surface area contributed by atoms with E-state index in [1.165, 1.54) is 19.3 Å². The van der Waals surface area contributed by atoms with Gasteiger partial charge in [-0.05, 0) is 30.9 Å². The molecule has 0 aliphatic heterocycles. The Bertz CT molecular complexity index is 365. The monoisotopic (exact) mass is 220 g/mol. The molecule has 1 aliphatic rings. The molecule has 0 bridgehead atoms. The molecule has 2 unspecified atom stereocenters. The topological polar surface area (TPSA) is 47.3 Å². The third-order valence-electron chi connectivity index (χ3n) is 3.46. The summed E-state index contributed by atoms with van der Waals surface area (Å²) in [6.07, 6.45) is 3.87. The summed E-state index contributed by atoms with van der Waals surface area (Å²) in [6, 6.07) is 6.37. The third-order valence-corrected chi connectivity index (χ3v) is 3.46. The van der Waals surface area contributed by atoms with E-state index in [0.29, 0.717) is 6.04 Å². The van der Waals surface area contributed by atoms with Crippen molar-refractivity contribution in [3.05, 3.63) is 18.2 Å². The first-order valence-electron chi connectivity index (χ1n) is 5.90. The number of hydrogen-bond donors (Lipinski definition) is 2. The van der Waals surface area contributed by atoms with E-state index in [-0.39, 0.29) is 0 Å². The second-order valence-electron chi connectivity index (χ2n) is 4.61. The van der Waals surface area contributed by atoms with Crippen molar-refractivity contribution in [3.63, 3.8) is 0 Å². The smallest absolute Gasteiger partial charge is 0.121 e. The van der Waals surface area contributed by atoms with Gasteiger partial charge in [0.15, 0.2) is 0 Å². The van der Waals surface area contributed by atoms with Crippen LogP contribution in [0.3, 0.4) is 0 Å². The molecule has 16 heavy (non-hydrogen) atoms. The van der Waals surface area contributed by atoms with Crippen LogP contribution in [0.25, 0.3) is 0 Å². The van der Waals surface area contributed by atoms with Gasteiger partial charge in [0.25, 0.3) is 0 Å². The van der Waals surface area contributed by atoms with E-state index in [0.717, 1.165) is 23.0 Å². The Morgan fingerprint density at radius 2 is 2.19 bits per heavy atom. The Balaban J connectivity index is 2.09. The maximum absolute atomic E-state index is 5.98. The minimum Gasteiger partial charge on any atom is -0.497 e. The zero-order valence-electron chi connectivity index (χ0n) is 9.99. The Kier molecular flexibility index (Phi) is 3.22. The van der Waals surface area contributed by atoms with Gasteiger partial charge in [-0.3, -0.25) is 0 Å². The highest BCUT2D eigenvalue weighted by Crippen LogP contribution is 2.31. The first kappa shape index (κ1) is 11.1. The fourth-order valence-corrected chi connectivity index (χ4v) is 2.36. The average Bonchev–Trinajstić information content (AvgIpc) is 2.67. The van der Waals surface area contributed by atoms with E-state index < -0.39 is 0 Å². The molecule has 2 rings (SSSR count). The van der Waals surface area contributed by atoms with Crippen molar-refractivity contribution in [1.29, 1.82) is 0 Å². The van der Waals surface area contributed by atoms with Gasteiger partial charge in [-0.25, -0.2) is 0 Å². The second kappa shape index (κ2) is 4.64. The number of benzene rings is 1. The Morgan fingerprint density at radius 3 is 2.75 bits per heavy atom. The van der Waals surface area contributed by atoms with E-state index >= 15 is 0 Å². The molecule has 88 valence electrons. The van der Waals surface area contributed by atoms with Crippen molar-refractivity contribution in [3.8, 4) is 5.75 Å². The summed E-state index contributed by atoms with van der Waals surface area (Å²) in [5.74, 6) is 1.55. The fraction of sp³-hybridized carbons (Fsp3) is 0.538. The van der Waals surface area contributed by atoms with Crippen LogP contribution in [0, 0.1) is 5.92 Å². The number of nitrogens with one attached hydrogen (secondary N) is 1. The Hall–Kier alpha value is -1.38. The summed E-state index contributed by atoms with van der Waals surface area (Å²) < 4.78 is 5.13. The predicted molar refractivity (Wildman–Crippen MR) is 67.8 cm³/mol. The predicted octanol–water partition coefficient (Wildman–Crippen LogP) is 2.88. The van der Waals surface area contributed by atoms with Crippen molar-refractivity contribution in [1.82, 2.24) is 0 Å². The van der Waals surface area contributed by atoms with Gasteiger partial charge in [0, 0.05) is 12.1 Å². The largest absolute Gasteiger partial charge is 0.497 e. The number of ether oxygens (including phenoxy) is 1. The number of nitrogen functional groups attached to an aromatic ring is 1. The van der Waals surface area contributed by atoms with E-state index in [1.54, 1.807) is 7.11 Å². The molecule has 3 nitrogen and oxygen atoms in total. The number of hydrogen-bond acceptors (Lipinski definition) is 3. The lowest BCUT2D eigenvalue weighted by Crippen LogP contribution is -2.22. The van der Waals surface area contributed by atoms with Crippen molar-refractivity contribution in [2.24, 2.45) is 5.92 Å². The molecule has 1 fully saturated rings. The molecule has 0 amide bonds. The summed E-state index contributed by atoms with van der Waals surface area (Å²) in [4.78, 5) is 0. The summed E-state index contributed by atoms with van der Waals surface area (Å²) >= 11 is 0. The van der Waals surface area contributed by atoms with Crippen LogP contribution in [-0.4, -0.2) is 13.2 Å². The van der Waals surface area contributed by atoms with Gasteiger partial charge in [-0.1, -0.05) is 13.3 Å². The van der Waals surface area contributed by atoms with Crippen LogP contribution in [0.15, 0.2) is 18.2 Å². The first-order valence-corrected chi connectivity index (χ1v) is 5.90. The van der Waals surface area contributed by atoms with E-state index in [2.05, 4.69) is 12.2 Å². The molecule has 3 N–H and O–H groups in total. The molecule has 0 radical (unpaired) electrons. The van der Waals surface area contributed by atoms with Gasteiger partial charge in [0.2, 0.25) is 0 Å². The van der Waals surface area contributed by atoms with Crippen LogP contribution in [0.4, 0.5) is 11.4 Å². The fourth-order valence-electron chi connectivity index (χ4n) is 2.36. The van der Waals surface area contributed by atoms with Crippen molar-refractivity contribution >= 4 is 11.4 Å². The maximum Gasteiger partial charge on any atom is 0.121 e. The summed E-state index contributed by atoms with van der Waals surface area (Å²) in [5.41, 5.74) is 7.77. The summed E-state index contributed by atoms with van der Waals surface area (Å²) in [7, 11) is 1.65. The van der Waals surface area contributed by atoms with Crippen LogP contribution >= 0.6 is 0 Å². The average molecular weight is 220 g/mol. The van der Waals surface area contributed by atoms with Gasteiger partial charge < -0.3 is 15.8 Å². The molecule has 1 saturated carbocycles. The number of nitrogens with two attached hydrogens (primary N) is 1. The van der Waals surface area contributed by atoms with Gasteiger partial charge >= 0.3 is 0 Å². The Morgan fingerprint density at radius 1 is 1.38 bits per heavy atom. The molecule has 1 aliphatic carbocycles. The highest BCUT2D eigenvalue weighted by atomic mass is 16.5. The van der Waals surface area contributed by atoms with Gasteiger partial charge in [-0.2, -0.15) is 0 Å². The standard InChI is InChI=1S/C13H20N2O/c1-9-4-3-5-12(9)15-13-7-6-10(16-2)8-11(13)14/h6-9,12,15H,3-5,14H2,1-2H3. The van der Waals surface area contributed by atoms with Crippen LogP contribution in [0.2, 0.25) is 0 Å². The molecule has 0 saturated heterocycles. The van der Waals surface area contributed by atoms with Gasteiger partial charge in [-0.15, -0.1) is 0 Å². The van der Waals surface area contributed by atoms with Crippen molar-refractivity contribution in [2.75, 3.05) is 18.2 Å². The molecule has 0 spiro atoms. The quantitative estimate of drug-likeness (QED) is 0.770. The number of methoxy groups -OCH3 is 1. The molecule has 2 atom stereocenters. The molecule has 1 aromatic rings. The minimum absolute atomic E-state index is 0.565. The molecular weight excluding hydrogens is 200 g/mol. The summed E-state index contributed by atoms with van der Waals surface area (Å²) in [6.45, 7) is 2.30. The second-order valence-corrected chi connectivity index (χ2v) is 4.61. The van der Waals surface area contributed by atoms with Crippen molar-refractivity contribution < 1.29 is 4.74 Å². The van der Waals surface area contributed by atoms with E-state index in [4.69, 9.17) is 10.5 Å². The SMILES string of the molecule is COc1ccc(NC2CCCC2C)c(N)c1. The lowest BCUT2D eigenvalue weighted by Gasteiger charge is -2.20. The zero-order valence-corrected chi connectivity index (χ0v) is 9.99. The van der Waals surface area contributed by atoms with E-state index in [9.17, 15) is 0 Å². The number of anilines is 2. The highest BCUT2D eigenvalue weighted by Gasteiger charge is 2.23. The maximum atomic E-state index is 5.98. The van der Waals surface area contributed by atoms with Crippen LogP contribution < -0.4 is 15.8 Å². The van der Waals surface area contributed by atoms with Crippen molar-refractivity contribution in [2.45, 2.75) is 32.2 Å². The molecule has 3 heteroatoms. The molecule has 1 aromatic carbocycles. The normalized spacial score (nSPS) is 24.4. The van der Waals surface area contributed by atoms with Gasteiger partial charge in [0.05, 0.1) is 18.5 Å². The van der Waals surface area contributed by atoms with Crippen LogP contribution in [-0.2, 0) is 0 Å².